The monoisotopic (exact) mass is 459 g/mol. The van der Waals surface area contributed by atoms with Crippen LogP contribution in [0, 0.1) is 0 Å². The second-order valence-electron chi connectivity index (χ2n) is 8.44. The van der Waals surface area contributed by atoms with Crippen LogP contribution in [-0.2, 0) is 0 Å². The average Bonchev–Trinajstić information content (AvgIpc) is 3.27. The maximum Gasteiger partial charge on any atom is 0.251 e. The van der Waals surface area contributed by atoms with E-state index < -0.39 is 0 Å². The highest BCUT2D eigenvalue weighted by molar-refractivity contribution is 7.99. The predicted molar refractivity (Wildman–Crippen MR) is 133 cm³/mol. The van der Waals surface area contributed by atoms with Crippen LogP contribution in [0.15, 0.2) is 52.3 Å². The minimum absolute atomic E-state index is 0. The highest BCUT2D eigenvalue weighted by atomic mass is 35.5. The number of nitrogens with zero attached hydrogens (tertiary/aromatic N) is 2. The third-order valence-corrected chi connectivity index (χ3v) is 7.18. The molecule has 0 radical (unpaired) electrons. The zero-order valence-electron chi connectivity index (χ0n) is 18.6. The molecular weight excluding hydrogens is 426 g/mol. The first-order chi connectivity index (χ1) is 14.7. The largest absolute Gasteiger partial charge is 0.352 e. The van der Waals surface area contributed by atoms with E-state index in [1.165, 1.54) is 41.4 Å². The Morgan fingerprint density at radius 1 is 1.06 bits per heavy atom. The van der Waals surface area contributed by atoms with Crippen molar-refractivity contribution in [1.82, 2.24) is 10.2 Å². The number of carbonyl (C=O) groups is 1. The van der Waals surface area contributed by atoms with Crippen molar-refractivity contribution in [3.8, 4) is 0 Å². The number of nitrogens with one attached hydrogen (secondary N) is 1. The lowest BCUT2D eigenvalue weighted by molar-refractivity contribution is 0.0953. The number of para-hydroxylation sites is 1. The molecule has 0 unspecified atom stereocenters. The maximum absolute atomic E-state index is 12.7. The van der Waals surface area contributed by atoms with Crippen LogP contribution >= 0.6 is 24.2 Å². The van der Waals surface area contributed by atoms with Gasteiger partial charge in [-0.2, -0.15) is 0 Å². The summed E-state index contributed by atoms with van der Waals surface area (Å²) in [5.74, 6) is 0.0323. The molecule has 31 heavy (non-hydrogen) atoms. The molecule has 2 aliphatic rings. The van der Waals surface area contributed by atoms with Gasteiger partial charge in [0.15, 0.2) is 0 Å². The van der Waals surface area contributed by atoms with E-state index in [9.17, 15) is 4.79 Å². The molecule has 1 saturated heterocycles. The van der Waals surface area contributed by atoms with E-state index in [4.69, 9.17) is 0 Å². The number of unbranched alkanes of at least 4 members (excludes halogenated alkanes) is 2. The third kappa shape index (κ3) is 5.57. The van der Waals surface area contributed by atoms with Crippen molar-refractivity contribution in [2.75, 3.05) is 31.1 Å². The van der Waals surface area contributed by atoms with Gasteiger partial charge in [0.05, 0.1) is 11.4 Å². The van der Waals surface area contributed by atoms with E-state index in [2.05, 4.69) is 65.4 Å². The van der Waals surface area contributed by atoms with Crippen LogP contribution in [-0.4, -0.2) is 43.0 Å². The minimum Gasteiger partial charge on any atom is -0.352 e. The molecule has 168 valence electrons. The summed E-state index contributed by atoms with van der Waals surface area (Å²) in [4.78, 5) is 20.3. The zero-order chi connectivity index (χ0) is 20.9. The Hall–Kier alpha value is -1.69. The van der Waals surface area contributed by atoms with Gasteiger partial charge in [0.2, 0.25) is 0 Å². The molecule has 2 aromatic rings. The van der Waals surface area contributed by atoms with E-state index in [1.807, 2.05) is 6.07 Å². The fourth-order valence-corrected chi connectivity index (χ4v) is 5.55. The Labute approximate surface area is 197 Å². The summed E-state index contributed by atoms with van der Waals surface area (Å²) in [6, 6.07) is 15.2. The molecule has 0 aliphatic carbocycles. The fraction of sp³-hybridized carbons (Fsp3) is 0.480. The Kier molecular flexibility index (Phi) is 8.70. The molecule has 0 bridgehead atoms. The summed E-state index contributed by atoms with van der Waals surface area (Å²) < 4.78 is 0. The Morgan fingerprint density at radius 3 is 2.58 bits per heavy atom. The molecule has 1 N–H and O–H groups in total. The van der Waals surface area contributed by atoms with Crippen molar-refractivity contribution in [2.24, 2.45) is 0 Å². The zero-order valence-corrected chi connectivity index (χ0v) is 20.2. The number of fused-ring (bicyclic) bond motifs is 2. The topological polar surface area (TPSA) is 35.6 Å². The van der Waals surface area contributed by atoms with E-state index in [1.54, 1.807) is 11.8 Å². The highest BCUT2D eigenvalue weighted by Gasteiger charge is 2.29. The lowest BCUT2D eigenvalue weighted by Gasteiger charge is -2.39. The van der Waals surface area contributed by atoms with E-state index in [0.29, 0.717) is 6.04 Å². The van der Waals surface area contributed by atoms with Crippen molar-refractivity contribution in [2.45, 2.75) is 61.8 Å². The number of benzene rings is 2. The van der Waals surface area contributed by atoms with Crippen LogP contribution in [0.1, 0.15) is 56.3 Å². The number of anilines is 2. The number of hydrogen-bond donors (Lipinski definition) is 1. The minimum atomic E-state index is 0. The maximum atomic E-state index is 12.7. The normalized spacial score (nSPS) is 16.3. The van der Waals surface area contributed by atoms with Gasteiger partial charge in [0.25, 0.3) is 5.91 Å². The van der Waals surface area contributed by atoms with Crippen molar-refractivity contribution < 1.29 is 4.79 Å². The van der Waals surface area contributed by atoms with Crippen molar-refractivity contribution in [3.05, 3.63) is 48.0 Å². The summed E-state index contributed by atoms with van der Waals surface area (Å²) in [6.07, 6.45) is 5.96. The van der Waals surface area contributed by atoms with Gasteiger partial charge in [0.1, 0.15) is 0 Å². The smallest absolute Gasteiger partial charge is 0.251 e. The van der Waals surface area contributed by atoms with Crippen molar-refractivity contribution >= 4 is 41.5 Å². The van der Waals surface area contributed by atoms with Crippen molar-refractivity contribution in [3.63, 3.8) is 0 Å². The van der Waals surface area contributed by atoms with Gasteiger partial charge >= 0.3 is 0 Å². The summed E-state index contributed by atoms with van der Waals surface area (Å²) in [7, 11) is 0. The van der Waals surface area contributed by atoms with Crippen LogP contribution in [0.25, 0.3) is 0 Å². The summed E-state index contributed by atoms with van der Waals surface area (Å²) in [5.41, 5.74) is 3.16. The van der Waals surface area contributed by atoms with E-state index in [0.717, 1.165) is 43.6 Å². The molecule has 6 heteroatoms. The predicted octanol–water partition coefficient (Wildman–Crippen LogP) is 6.12. The molecule has 0 saturated carbocycles. The van der Waals surface area contributed by atoms with Crippen LogP contribution in [0.4, 0.5) is 11.4 Å². The second kappa shape index (κ2) is 11.3. The summed E-state index contributed by atoms with van der Waals surface area (Å²) in [6.45, 7) is 8.68. The Morgan fingerprint density at radius 2 is 1.81 bits per heavy atom. The molecular formula is C25H34ClN3OS. The molecule has 2 aliphatic heterocycles. The van der Waals surface area contributed by atoms with Crippen LogP contribution in [0.2, 0.25) is 0 Å². The standard InChI is InChI=1S/C25H33N3OS.ClH/c1-3-4-7-14-26-25(29)20-12-13-24-22(17-20)28(19(2)18-27-15-8-9-16-27)21-10-5-6-11-23(21)30-24;/h5-6,10-13,17,19H,3-4,7-9,14-16,18H2,1-2H3,(H,26,29);1H/t19-;/m1./s1. The molecule has 1 atom stereocenters. The Bertz CT molecular complexity index is 885. The number of hydrogen-bond acceptors (Lipinski definition) is 4. The SMILES string of the molecule is CCCCCNC(=O)c1ccc2c(c1)N([C@H](C)CN1CCCC1)c1ccccc1S2.Cl. The number of rotatable bonds is 8. The van der Waals surface area contributed by atoms with Gasteiger partial charge < -0.3 is 15.1 Å². The van der Waals surface area contributed by atoms with Gasteiger partial charge in [-0.15, -0.1) is 12.4 Å². The fourth-order valence-electron chi connectivity index (χ4n) is 4.50. The lowest BCUT2D eigenvalue weighted by atomic mass is 10.1. The molecule has 2 heterocycles. The first-order valence-corrected chi connectivity index (χ1v) is 12.2. The Balaban J connectivity index is 0.00000272. The van der Waals surface area contributed by atoms with Gasteiger partial charge in [-0.3, -0.25) is 4.79 Å². The number of halogens is 1. The van der Waals surface area contributed by atoms with Crippen molar-refractivity contribution in [1.29, 1.82) is 0 Å². The van der Waals surface area contributed by atoms with Crippen LogP contribution < -0.4 is 10.2 Å². The molecule has 0 aromatic heterocycles. The average molecular weight is 460 g/mol. The number of carbonyl (C=O) groups excluding carboxylic acids is 1. The van der Waals surface area contributed by atoms with E-state index >= 15 is 0 Å². The molecule has 0 spiro atoms. The van der Waals surface area contributed by atoms with Gasteiger partial charge in [-0.1, -0.05) is 43.7 Å². The highest BCUT2D eigenvalue weighted by Crippen LogP contribution is 2.49. The first kappa shape index (κ1) is 24.0. The molecule has 2 aromatic carbocycles. The molecule has 1 fully saturated rings. The second-order valence-corrected chi connectivity index (χ2v) is 9.53. The molecule has 4 rings (SSSR count). The molecule has 1 amide bonds. The first-order valence-electron chi connectivity index (χ1n) is 11.4. The summed E-state index contributed by atoms with van der Waals surface area (Å²) >= 11 is 1.80. The van der Waals surface area contributed by atoms with E-state index in [-0.39, 0.29) is 18.3 Å². The van der Waals surface area contributed by atoms with Gasteiger partial charge in [0, 0.05) is 34.5 Å². The quantitative estimate of drug-likeness (QED) is 0.482. The summed E-state index contributed by atoms with van der Waals surface area (Å²) in [5, 5.41) is 3.09. The molecule has 4 nitrogen and oxygen atoms in total. The van der Waals surface area contributed by atoms with Crippen LogP contribution in [0.3, 0.4) is 0 Å². The lowest BCUT2D eigenvalue weighted by Crippen LogP contribution is -2.40. The van der Waals surface area contributed by atoms with Crippen LogP contribution in [0.5, 0.6) is 0 Å². The number of likely N-dealkylation sites (tertiary alicyclic amines) is 1. The number of amides is 1. The van der Waals surface area contributed by atoms with Gasteiger partial charge in [-0.05, 0) is 69.6 Å². The third-order valence-electron chi connectivity index (χ3n) is 6.05. The van der Waals surface area contributed by atoms with Gasteiger partial charge in [-0.25, -0.2) is 0 Å².